The summed E-state index contributed by atoms with van der Waals surface area (Å²) in [5.74, 6) is -0.396. The van der Waals surface area contributed by atoms with E-state index in [0.717, 1.165) is 29.9 Å². The van der Waals surface area contributed by atoms with Crippen molar-refractivity contribution in [3.8, 4) is 11.1 Å². The lowest BCUT2D eigenvalue weighted by Crippen LogP contribution is -2.17. The number of nitrogens with one attached hydrogen (secondary N) is 1. The maximum Gasteiger partial charge on any atom is 0.159 e. The Morgan fingerprint density at radius 3 is 2.68 bits per heavy atom. The highest BCUT2D eigenvalue weighted by Crippen LogP contribution is 2.39. The van der Waals surface area contributed by atoms with E-state index in [1.54, 1.807) is 6.20 Å². The monoisotopic (exact) mass is 299 g/mol. The van der Waals surface area contributed by atoms with Gasteiger partial charge in [-0.2, -0.15) is 0 Å². The first kappa shape index (κ1) is 14.3. The van der Waals surface area contributed by atoms with Gasteiger partial charge in [0.25, 0.3) is 0 Å². The Balaban J connectivity index is 2.07. The molecule has 0 atom stereocenters. The molecular weight excluding hydrogens is 284 g/mol. The maximum atomic E-state index is 13.4. The number of pyridine rings is 1. The van der Waals surface area contributed by atoms with Crippen molar-refractivity contribution in [1.29, 1.82) is 0 Å². The lowest BCUT2D eigenvalue weighted by molar-refractivity contribution is 0.509. The van der Waals surface area contributed by atoms with Gasteiger partial charge in [-0.05, 0) is 30.2 Å². The Morgan fingerprint density at radius 1 is 1.23 bits per heavy atom. The van der Waals surface area contributed by atoms with Crippen LogP contribution in [0.2, 0.25) is 0 Å². The fraction of sp³-hybridized carbons (Fsp3) is 0.118. The van der Waals surface area contributed by atoms with Crippen molar-refractivity contribution in [2.75, 3.05) is 10.2 Å². The number of fused-ring (bicyclic) bond motifs is 1. The molecule has 1 aromatic heterocycles. The average Bonchev–Trinajstić information content (AvgIpc) is 2.84. The number of nitrogens with zero attached hydrogens (tertiary/aromatic N) is 2. The van der Waals surface area contributed by atoms with Crippen molar-refractivity contribution < 1.29 is 8.78 Å². The average molecular weight is 299 g/mol. The topological polar surface area (TPSA) is 28.2 Å². The van der Waals surface area contributed by atoms with Crippen molar-refractivity contribution in [2.45, 2.75) is 13.3 Å². The second kappa shape index (κ2) is 5.26. The SMILES string of the molecule is C=C(CC)N1C(=C)Nc2ncc(-c3ccc(F)c(F)c3)cc21. The number of allylic oxidation sites excluding steroid dienone is 1. The van der Waals surface area contributed by atoms with Crippen molar-refractivity contribution in [1.82, 2.24) is 4.98 Å². The maximum absolute atomic E-state index is 13.4. The van der Waals surface area contributed by atoms with E-state index in [1.807, 2.05) is 17.9 Å². The first-order valence-corrected chi connectivity index (χ1v) is 6.90. The van der Waals surface area contributed by atoms with Crippen LogP contribution in [-0.2, 0) is 0 Å². The standard InChI is InChI=1S/C17H15F2N3/c1-4-10(2)22-11(3)21-17-16(22)8-13(9-20-17)12-5-6-14(18)15(19)7-12/h5-9H,2-4H2,1H3,(H,20,21). The lowest BCUT2D eigenvalue weighted by Gasteiger charge is -2.20. The van der Waals surface area contributed by atoms with Crippen molar-refractivity contribution in [2.24, 2.45) is 0 Å². The van der Waals surface area contributed by atoms with E-state index < -0.39 is 11.6 Å². The van der Waals surface area contributed by atoms with Gasteiger partial charge in [0.15, 0.2) is 17.5 Å². The molecule has 2 heterocycles. The van der Waals surface area contributed by atoms with E-state index in [-0.39, 0.29) is 0 Å². The normalized spacial score (nSPS) is 13.0. The van der Waals surface area contributed by atoms with E-state index in [1.165, 1.54) is 6.07 Å². The molecule has 1 N–H and O–H groups in total. The zero-order valence-electron chi connectivity index (χ0n) is 12.2. The van der Waals surface area contributed by atoms with Gasteiger partial charge >= 0.3 is 0 Å². The first-order chi connectivity index (χ1) is 10.5. The number of hydrogen-bond donors (Lipinski definition) is 1. The van der Waals surface area contributed by atoms with Crippen LogP contribution in [0.15, 0.2) is 55.1 Å². The van der Waals surface area contributed by atoms with Crippen molar-refractivity contribution in [3.63, 3.8) is 0 Å². The molecule has 0 bridgehead atoms. The second-order valence-electron chi connectivity index (χ2n) is 5.05. The lowest BCUT2D eigenvalue weighted by atomic mass is 10.1. The minimum absolute atomic E-state index is 0.564. The molecule has 0 aliphatic carbocycles. The van der Waals surface area contributed by atoms with Crippen LogP contribution in [0.1, 0.15) is 13.3 Å². The molecule has 22 heavy (non-hydrogen) atoms. The molecule has 0 spiro atoms. The van der Waals surface area contributed by atoms with Gasteiger partial charge in [-0.15, -0.1) is 0 Å². The summed E-state index contributed by atoms with van der Waals surface area (Å²) < 4.78 is 26.5. The molecule has 1 aliphatic rings. The highest BCUT2D eigenvalue weighted by atomic mass is 19.2. The number of halogens is 2. The molecule has 3 rings (SSSR count). The summed E-state index contributed by atoms with van der Waals surface area (Å²) in [7, 11) is 0. The van der Waals surface area contributed by atoms with Gasteiger partial charge in [0.2, 0.25) is 0 Å². The van der Waals surface area contributed by atoms with Gasteiger partial charge in [-0.3, -0.25) is 4.90 Å². The Hall–Kier alpha value is -2.69. The number of rotatable bonds is 3. The molecule has 5 heteroatoms. The van der Waals surface area contributed by atoms with Crippen LogP contribution >= 0.6 is 0 Å². The quantitative estimate of drug-likeness (QED) is 0.894. The van der Waals surface area contributed by atoms with Crippen LogP contribution in [-0.4, -0.2) is 4.98 Å². The Labute approximate surface area is 127 Å². The molecule has 3 nitrogen and oxygen atoms in total. The molecule has 0 unspecified atom stereocenters. The molecule has 0 radical (unpaired) electrons. The van der Waals surface area contributed by atoms with Crippen LogP contribution in [0.3, 0.4) is 0 Å². The fourth-order valence-electron chi connectivity index (χ4n) is 2.41. The smallest absolute Gasteiger partial charge is 0.159 e. The van der Waals surface area contributed by atoms with Gasteiger partial charge in [0.05, 0.1) is 5.69 Å². The number of hydrogen-bond acceptors (Lipinski definition) is 3. The Kier molecular flexibility index (Phi) is 3.41. The Bertz CT molecular complexity index is 775. The molecule has 0 fully saturated rings. The zero-order chi connectivity index (χ0) is 15.9. The molecule has 1 aromatic carbocycles. The molecule has 0 amide bonds. The predicted molar refractivity (Wildman–Crippen MR) is 84.3 cm³/mol. The van der Waals surface area contributed by atoms with Crippen LogP contribution in [0.5, 0.6) is 0 Å². The molecule has 2 aromatic rings. The van der Waals surface area contributed by atoms with E-state index in [9.17, 15) is 8.78 Å². The third kappa shape index (κ3) is 2.24. The summed E-state index contributed by atoms with van der Waals surface area (Å²) in [6.07, 6.45) is 2.37. The van der Waals surface area contributed by atoms with E-state index >= 15 is 0 Å². The van der Waals surface area contributed by atoms with Gasteiger partial charge in [-0.1, -0.05) is 26.1 Å². The summed E-state index contributed by atoms with van der Waals surface area (Å²) >= 11 is 0. The largest absolute Gasteiger partial charge is 0.325 e. The zero-order valence-corrected chi connectivity index (χ0v) is 12.2. The van der Waals surface area contributed by atoms with Gasteiger partial charge in [-0.25, -0.2) is 13.8 Å². The second-order valence-corrected chi connectivity index (χ2v) is 5.05. The summed E-state index contributed by atoms with van der Waals surface area (Å²) in [6, 6.07) is 5.66. The minimum atomic E-state index is -0.879. The highest BCUT2D eigenvalue weighted by Gasteiger charge is 2.25. The van der Waals surface area contributed by atoms with E-state index in [4.69, 9.17) is 0 Å². The molecule has 1 aliphatic heterocycles. The third-order valence-electron chi connectivity index (χ3n) is 3.62. The van der Waals surface area contributed by atoms with Crippen molar-refractivity contribution >= 4 is 11.5 Å². The number of benzene rings is 1. The summed E-state index contributed by atoms with van der Waals surface area (Å²) in [5, 5.41) is 3.09. The van der Waals surface area contributed by atoms with Crippen LogP contribution in [0, 0.1) is 11.6 Å². The molecule has 112 valence electrons. The third-order valence-corrected chi connectivity index (χ3v) is 3.62. The molecule has 0 saturated heterocycles. The Morgan fingerprint density at radius 2 is 2.00 bits per heavy atom. The van der Waals surface area contributed by atoms with Gasteiger partial charge < -0.3 is 5.32 Å². The van der Waals surface area contributed by atoms with Gasteiger partial charge in [0, 0.05) is 17.5 Å². The molecular formula is C17H15F2N3. The minimum Gasteiger partial charge on any atom is -0.325 e. The first-order valence-electron chi connectivity index (χ1n) is 6.90. The predicted octanol–water partition coefficient (Wildman–Crippen LogP) is 4.65. The summed E-state index contributed by atoms with van der Waals surface area (Å²) in [6.45, 7) is 9.97. The van der Waals surface area contributed by atoms with Gasteiger partial charge in [0.1, 0.15) is 5.82 Å². The van der Waals surface area contributed by atoms with E-state index in [2.05, 4.69) is 23.5 Å². The van der Waals surface area contributed by atoms with Crippen LogP contribution in [0.4, 0.5) is 20.3 Å². The number of aromatic nitrogens is 1. The fourth-order valence-corrected chi connectivity index (χ4v) is 2.41. The van der Waals surface area contributed by atoms with Crippen molar-refractivity contribution in [3.05, 3.63) is 66.8 Å². The molecule has 0 saturated carbocycles. The summed E-state index contributed by atoms with van der Waals surface area (Å²) in [4.78, 5) is 6.21. The number of anilines is 2. The summed E-state index contributed by atoms with van der Waals surface area (Å²) in [5.41, 5.74) is 2.94. The van der Waals surface area contributed by atoms with Crippen LogP contribution < -0.4 is 10.2 Å². The van der Waals surface area contributed by atoms with Crippen LogP contribution in [0.25, 0.3) is 11.1 Å². The van der Waals surface area contributed by atoms with E-state index in [0.29, 0.717) is 22.8 Å². The highest BCUT2D eigenvalue weighted by molar-refractivity contribution is 5.83.